The van der Waals surface area contributed by atoms with Crippen LogP contribution in [0, 0.1) is 5.82 Å². The minimum atomic E-state index is -0.585. The van der Waals surface area contributed by atoms with Gasteiger partial charge in [-0.25, -0.2) is 4.39 Å². The van der Waals surface area contributed by atoms with Crippen molar-refractivity contribution in [2.45, 2.75) is 19.4 Å². The molecule has 1 saturated heterocycles. The Morgan fingerprint density at radius 2 is 2.06 bits per heavy atom. The van der Waals surface area contributed by atoms with Crippen LogP contribution in [0.2, 0.25) is 5.02 Å². The Balaban J connectivity index is 1.49. The normalized spacial score (nSPS) is 13.5. The Labute approximate surface area is 193 Å². The Kier molecular flexibility index (Phi) is 5.75. The molecular formula is C24H18ClFN4O3. The van der Waals surface area contributed by atoms with Crippen molar-refractivity contribution in [3.8, 4) is 34.5 Å². The summed E-state index contributed by atoms with van der Waals surface area (Å²) in [6, 6.07) is 15.0. The zero-order valence-corrected chi connectivity index (χ0v) is 18.1. The van der Waals surface area contributed by atoms with Gasteiger partial charge in [-0.1, -0.05) is 28.9 Å². The van der Waals surface area contributed by atoms with Crippen LogP contribution in [0.1, 0.15) is 18.4 Å². The number of hydrogen-bond acceptors (Lipinski definition) is 6. The molecule has 33 heavy (non-hydrogen) atoms. The maximum Gasteiger partial charge on any atom is 0.258 e. The molecule has 0 saturated carbocycles. The van der Waals surface area contributed by atoms with Gasteiger partial charge in [0.25, 0.3) is 5.89 Å². The van der Waals surface area contributed by atoms with Gasteiger partial charge in [-0.15, -0.1) is 0 Å². The van der Waals surface area contributed by atoms with Gasteiger partial charge in [-0.05, 0) is 42.8 Å². The zero-order chi connectivity index (χ0) is 22.8. The van der Waals surface area contributed by atoms with Gasteiger partial charge in [0.2, 0.25) is 11.7 Å². The van der Waals surface area contributed by atoms with E-state index in [9.17, 15) is 9.18 Å². The van der Waals surface area contributed by atoms with Crippen LogP contribution in [0.15, 0.2) is 65.3 Å². The Hall–Kier alpha value is -3.78. The predicted octanol–water partition coefficient (Wildman–Crippen LogP) is 5.51. The minimum Gasteiger partial charge on any atom is -0.457 e. The lowest BCUT2D eigenvalue weighted by molar-refractivity contribution is -0.128. The van der Waals surface area contributed by atoms with Crippen LogP contribution in [0.3, 0.4) is 0 Å². The van der Waals surface area contributed by atoms with E-state index in [4.69, 9.17) is 20.9 Å². The molecule has 166 valence electrons. The largest absolute Gasteiger partial charge is 0.457 e. The first-order valence-electron chi connectivity index (χ1n) is 10.4. The molecule has 1 amide bonds. The zero-order valence-electron chi connectivity index (χ0n) is 17.4. The fourth-order valence-corrected chi connectivity index (χ4v) is 3.71. The molecule has 5 rings (SSSR count). The number of nitrogens with zero attached hydrogens (tertiary/aromatic N) is 4. The van der Waals surface area contributed by atoms with Crippen molar-refractivity contribution in [1.29, 1.82) is 0 Å². The van der Waals surface area contributed by atoms with Gasteiger partial charge in [-0.3, -0.25) is 9.78 Å². The van der Waals surface area contributed by atoms with Gasteiger partial charge in [0.15, 0.2) is 0 Å². The number of carbonyl (C=O) groups is 1. The highest BCUT2D eigenvalue weighted by molar-refractivity contribution is 6.30. The van der Waals surface area contributed by atoms with Gasteiger partial charge in [0.1, 0.15) is 23.0 Å². The Bertz CT molecular complexity index is 1310. The molecule has 0 aliphatic carbocycles. The van der Waals surface area contributed by atoms with Crippen LogP contribution in [0.4, 0.5) is 4.39 Å². The van der Waals surface area contributed by atoms with E-state index in [2.05, 4.69) is 15.1 Å². The van der Waals surface area contributed by atoms with Crippen LogP contribution >= 0.6 is 11.6 Å². The van der Waals surface area contributed by atoms with Crippen molar-refractivity contribution in [1.82, 2.24) is 20.0 Å². The average molecular weight is 465 g/mol. The smallest absolute Gasteiger partial charge is 0.258 e. The van der Waals surface area contributed by atoms with Crippen LogP contribution < -0.4 is 4.74 Å². The third-order valence-electron chi connectivity index (χ3n) is 5.29. The molecule has 4 aromatic rings. The second-order valence-corrected chi connectivity index (χ2v) is 7.96. The molecule has 0 radical (unpaired) electrons. The molecule has 2 aromatic carbocycles. The van der Waals surface area contributed by atoms with Gasteiger partial charge in [0, 0.05) is 42.9 Å². The highest BCUT2D eigenvalue weighted by atomic mass is 35.5. The molecule has 3 heterocycles. The number of rotatable bonds is 6. The summed E-state index contributed by atoms with van der Waals surface area (Å²) in [6.45, 7) is 1.07. The molecule has 0 atom stereocenters. The maximum absolute atomic E-state index is 14.0. The van der Waals surface area contributed by atoms with Gasteiger partial charge in [-0.2, -0.15) is 4.98 Å². The lowest BCUT2D eigenvalue weighted by atomic mass is 10.1. The van der Waals surface area contributed by atoms with Crippen LogP contribution in [0.25, 0.3) is 23.0 Å². The van der Waals surface area contributed by atoms with E-state index in [1.54, 1.807) is 35.4 Å². The average Bonchev–Trinajstić information content (AvgIpc) is 3.48. The summed E-state index contributed by atoms with van der Waals surface area (Å²) in [5.41, 5.74) is 1.98. The van der Waals surface area contributed by atoms with Crippen molar-refractivity contribution in [3.05, 3.63) is 77.2 Å². The van der Waals surface area contributed by atoms with E-state index in [1.807, 2.05) is 18.2 Å². The molecule has 1 aliphatic heterocycles. The molecule has 0 bridgehead atoms. The number of benzene rings is 2. The van der Waals surface area contributed by atoms with E-state index < -0.39 is 5.82 Å². The lowest BCUT2D eigenvalue weighted by Gasteiger charge is -2.19. The number of carbonyl (C=O) groups excluding carboxylic acids is 1. The summed E-state index contributed by atoms with van der Waals surface area (Å²) in [5.74, 6) is 0.887. The highest BCUT2D eigenvalue weighted by Gasteiger charge is 2.22. The number of likely N-dealkylation sites (tertiary alicyclic amines) is 1. The topological polar surface area (TPSA) is 81.4 Å². The number of hydrogen-bond donors (Lipinski definition) is 0. The van der Waals surface area contributed by atoms with Gasteiger partial charge in [0.05, 0.1) is 5.02 Å². The van der Waals surface area contributed by atoms with Gasteiger partial charge < -0.3 is 14.2 Å². The van der Waals surface area contributed by atoms with Crippen molar-refractivity contribution >= 4 is 17.5 Å². The minimum absolute atomic E-state index is 0.00639. The molecule has 1 fully saturated rings. The number of amides is 1. The quantitative estimate of drug-likeness (QED) is 0.374. The Morgan fingerprint density at radius 1 is 1.15 bits per heavy atom. The summed E-state index contributed by atoms with van der Waals surface area (Å²) in [4.78, 5) is 22.6. The third-order valence-corrected chi connectivity index (χ3v) is 5.59. The number of halogens is 2. The van der Waals surface area contributed by atoms with Crippen molar-refractivity contribution in [2.24, 2.45) is 0 Å². The van der Waals surface area contributed by atoms with E-state index in [-0.39, 0.29) is 22.6 Å². The first-order chi connectivity index (χ1) is 16.1. The molecule has 0 N–H and O–H groups in total. The van der Waals surface area contributed by atoms with Gasteiger partial charge >= 0.3 is 0 Å². The van der Waals surface area contributed by atoms with Crippen molar-refractivity contribution in [2.75, 3.05) is 6.54 Å². The monoisotopic (exact) mass is 464 g/mol. The molecule has 0 unspecified atom stereocenters. The van der Waals surface area contributed by atoms with Crippen molar-refractivity contribution in [3.63, 3.8) is 0 Å². The SMILES string of the molecule is O=C1CCCN1Cc1ccc(-c2nc(-c3ccccn3)no2)cc1Oc1ccc(Cl)c(F)c1. The maximum atomic E-state index is 14.0. The fraction of sp³-hybridized carbons (Fsp3) is 0.167. The summed E-state index contributed by atoms with van der Waals surface area (Å²) in [6.07, 6.45) is 3.01. The molecular weight excluding hydrogens is 447 g/mol. The molecule has 2 aromatic heterocycles. The standard InChI is InChI=1S/C24H18ClFN4O3/c25-18-9-8-17(13-19(18)26)32-21-12-15(6-7-16(21)14-30-11-3-5-22(30)31)24-28-23(29-33-24)20-4-1-2-10-27-20/h1-2,4,6-10,12-13H,3,5,11,14H2. The summed E-state index contributed by atoms with van der Waals surface area (Å²) >= 11 is 5.80. The van der Waals surface area contributed by atoms with Crippen LogP contribution in [-0.2, 0) is 11.3 Å². The van der Waals surface area contributed by atoms with E-state index in [0.29, 0.717) is 42.3 Å². The van der Waals surface area contributed by atoms with E-state index >= 15 is 0 Å². The lowest BCUT2D eigenvalue weighted by Crippen LogP contribution is -2.24. The second-order valence-electron chi connectivity index (χ2n) is 7.56. The molecule has 7 nitrogen and oxygen atoms in total. The molecule has 1 aliphatic rings. The predicted molar refractivity (Wildman–Crippen MR) is 119 cm³/mol. The number of ether oxygens (including phenoxy) is 1. The van der Waals surface area contributed by atoms with Crippen LogP contribution in [0.5, 0.6) is 11.5 Å². The third kappa shape index (κ3) is 4.56. The molecule has 0 spiro atoms. The molecule has 9 heteroatoms. The second kappa shape index (κ2) is 8.99. The first kappa shape index (κ1) is 21.1. The Morgan fingerprint density at radius 3 is 2.82 bits per heavy atom. The van der Waals surface area contributed by atoms with E-state index in [0.717, 1.165) is 12.0 Å². The number of aromatic nitrogens is 3. The summed E-state index contributed by atoms with van der Waals surface area (Å²) in [5, 5.41) is 4.01. The van der Waals surface area contributed by atoms with E-state index in [1.165, 1.54) is 12.1 Å². The highest BCUT2D eigenvalue weighted by Crippen LogP contribution is 2.33. The number of pyridine rings is 1. The fourth-order valence-electron chi connectivity index (χ4n) is 3.60. The summed E-state index contributed by atoms with van der Waals surface area (Å²) in [7, 11) is 0. The van der Waals surface area contributed by atoms with Crippen LogP contribution in [-0.4, -0.2) is 32.5 Å². The first-order valence-corrected chi connectivity index (χ1v) is 10.7. The summed E-state index contributed by atoms with van der Waals surface area (Å²) < 4.78 is 25.4. The van der Waals surface area contributed by atoms with Crippen molar-refractivity contribution < 1.29 is 18.4 Å².